The lowest BCUT2D eigenvalue weighted by Crippen LogP contribution is -2.29. The van der Waals surface area contributed by atoms with E-state index in [2.05, 4.69) is 10.3 Å². The SMILES string of the molecule is Cc1ncc(CNCC2Cc3cc(F)ccc3O2)s1. The van der Waals surface area contributed by atoms with E-state index in [0.29, 0.717) is 0 Å². The van der Waals surface area contributed by atoms with Crippen molar-refractivity contribution in [1.29, 1.82) is 0 Å². The molecule has 1 N–H and O–H groups in total. The number of halogens is 1. The lowest BCUT2D eigenvalue weighted by molar-refractivity contribution is 0.227. The Kier molecular flexibility index (Phi) is 3.48. The highest BCUT2D eigenvalue weighted by Crippen LogP contribution is 2.28. The first-order valence-corrected chi connectivity index (χ1v) is 7.09. The van der Waals surface area contributed by atoms with Gasteiger partial charge >= 0.3 is 0 Å². The van der Waals surface area contributed by atoms with Crippen LogP contribution in [0.25, 0.3) is 0 Å². The molecule has 5 heteroatoms. The van der Waals surface area contributed by atoms with Gasteiger partial charge in [-0.2, -0.15) is 0 Å². The summed E-state index contributed by atoms with van der Waals surface area (Å²) < 4.78 is 18.9. The fourth-order valence-corrected chi connectivity index (χ4v) is 3.01. The largest absolute Gasteiger partial charge is 0.488 e. The molecule has 0 fully saturated rings. The first-order chi connectivity index (χ1) is 9.20. The van der Waals surface area contributed by atoms with Gasteiger partial charge in [0.2, 0.25) is 0 Å². The maximum atomic E-state index is 13.1. The van der Waals surface area contributed by atoms with Gasteiger partial charge in [-0.15, -0.1) is 11.3 Å². The van der Waals surface area contributed by atoms with Gasteiger partial charge in [-0.1, -0.05) is 0 Å². The third-order valence-corrected chi connectivity index (χ3v) is 4.02. The molecule has 0 saturated carbocycles. The van der Waals surface area contributed by atoms with Gasteiger partial charge in [-0.25, -0.2) is 9.37 Å². The molecule has 3 nitrogen and oxygen atoms in total. The van der Waals surface area contributed by atoms with Gasteiger partial charge in [0.15, 0.2) is 0 Å². The van der Waals surface area contributed by atoms with Crippen LogP contribution in [0.1, 0.15) is 15.4 Å². The highest BCUT2D eigenvalue weighted by molar-refractivity contribution is 7.11. The molecule has 3 rings (SSSR count). The number of aromatic nitrogens is 1. The summed E-state index contributed by atoms with van der Waals surface area (Å²) in [5.41, 5.74) is 0.959. The Hall–Kier alpha value is -1.46. The third-order valence-electron chi connectivity index (χ3n) is 3.10. The molecule has 0 radical (unpaired) electrons. The number of rotatable bonds is 4. The molecule has 19 heavy (non-hydrogen) atoms. The van der Waals surface area contributed by atoms with E-state index in [1.807, 2.05) is 13.1 Å². The van der Waals surface area contributed by atoms with E-state index in [4.69, 9.17) is 4.74 Å². The van der Waals surface area contributed by atoms with Crippen LogP contribution in [0.15, 0.2) is 24.4 Å². The fourth-order valence-electron chi connectivity index (χ4n) is 2.25. The second-order valence-electron chi connectivity index (χ2n) is 4.67. The van der Waals surface area contributed by atoms with Crippen molar-refractivity contribution in [1.82, 2.24) is 10.3 Å². The summed E-state index contributed by atoms with van der Waals surface area (Å²) in [6.45, 7) is 3.56. The van der Waals surface area contributed by atoms with E-state index >= 15 is 0 Å². The van der Waals surface area contributed by atoms with Crippen LogP contribution in [0.3, 0.4) is 0 Å². The Morgan fingerprint density at radius 2 is 2.42 bits per heavy atom. The summed E-state index contributed by atoms with van der Waals surface area (Å²) in [4.78, 5) is 5.44. The van der Waals surface area contributed by atoms with Gasteiger partial charge in [0, 0.05) is 36.1 Å². The minimum absolute atomic E-state index is 0.0887. The predicted octanol–water partition coefficient (Wildman–Crippen LogP) is 2.68. The van der Waals surface area contributed by atoms with Crippen molar-refractivity contribution in [3.05, 3.63) is 45.7 Å². The van der Waals surface area contributed by atoms with E-state index in [-0.39, 0.29) is 11.9 Å². The number of benzene rings is 1. The number of nitrogens with zero attached hydrogens (tertiary/aromatic N) is 1. The van der Waals surface area contributed by atoms with Crippen molar-refractivity contribution in [2.75, 3.05) is 6.54 Å². The molecule has 100 valence electrons. The topological polar surface area (TPSA) is 34.2 Å². The van der Waals surface area contributed by atoms with Gasteiger partial charge in [0.25, 0.3) is 0 Å². The molecule has 0 bridgehead atoms. The highest BCUT2D eigenvalue weighted by atomic mass is 32.1. The molecular weight excluding hydrogens is 263 g/mol. The van der Waals surface area contributed by atoms with Crippen molar-refractivity contribution in [2.24, 2.45) is 0 Å². The van der Waals surface area contributed by atoms with Gasteiger partial charge in [-0.3, -0.25) is 0 Å². The number of hydrogen-bond donors (Lipinski definition) is 1. The van der Waals surface area contributed by atoms with Gasteiger partial charge in [-0.05, 0) is 25.1 Å². The minimum atomic E-state index is -0.198. The van der Waals surface area contributed by atoms with E-state index in [1.165, 1.54) is 10.9 Å². The summed E-state index contributed by atoms with van der Waals surface area (Å²) >= 11 is 1.70. The Balaban J connectivity index is 1.51. The summed E-state index contributed by atoms with van der Waals surface area (Å²) in [6, 6.07) is 4.70. The van der Waals surface area contributed by atoms with Crippen molar-refractivity contribution >= 4 is 11.3 Å². The average molecular weight is 278 g/mol. The van der Waals surface area contributed by atoms with E-state index in [1.54, 1.807) is 23.5 Å². The molecule has 1 unspecified atom stereocenters. The summed E-state index contributed by atoms with van der Waals surface area (Å²) in [5, 5.41) is 4.44. The molecule has 0 spiro atoms. The zero-order valence-electron chi connectivity index (χ0n) is 10.6. The predicted molar refractivity (Wildman–Crippen MR) is 73.1 cm³/mol. The molecular formula is C14H15FN2OS. The van der Waals surface area contributed by atoms with Crippen molar-refractivity contribution in [3.8, 4) is 5.75 Å². The quantitative estimate of drug-likeness (QED) is 0.933. The van der Waals surface area contributed by atoms with E-state index < -0.39 is 0 Å². The summed E-state index contributed by atoms with van der Waals surface area (Å²) in [7, 11) is 0. The van der Waals surface area contributed by atoms with Crippen LogP contribution in [0.5, 0.6) is 5.75 Å². The number of fused-ring (bicyclic) bond motifs is 1. The molecule has 0 saturated heterocycles. The van der Waals surface area contributed by atoms with E-state index in [0.717, 1.165) is 35.8 Å². The molecule has 0 aliphatic carbocycles. The van der Waals surface area contributed by atoms with Gasteiger partial charge < -0.3 is 10.1 Å². The number of nitrogens with one attached hydrogen (secondary N) is 1. The maximum absolute atomic E-state index is 13.1. The maximum Gasteiger partial charge on any atom is 0.123 e. The molecule has 1 atom stereocenters. The third kappa shape index (κ3) is 2.93. The van der Waals surface area contributed by atoms with Gasteiger partial charge in [0.05, 0.1) is 5.01 Å². The van der Waals surface area contributed by atoms with Gasteiger partial charge in [0.1, 0.15) is 17.7 Å². The number of ether oxygens (including phenoxy) is 1. The second-order valence-corrected chi connectivity index (χ2v) is 5.99. The van der Waals surface area contributed by atoms with Crippen LogP contribution in [0.4, 0.5) is 4.39 Å². The Bertz CT molecular complexity index is 585. The van der Waals surface area contributed by atoms with Crippen LogP contribution < -0.4 is 10.1 Å². The Morgan fingerprint density at radius 1 is 1.53 bits per heavy atom. The van der Waals surface area contributed by atoms with Crippen LogP contribution in [-0.4, -0.2) is 17.6 Å². The lowest BCUT2D eigenvalue weighted by Gasteiger charge is -2.11. The minimum Gasteiger partial charge on any atom is -0.488 e. The summed E-state index contributed by atoms with van der Waals surface area (Å²) in [5.74, 6) is 0.609. The van der Waals surface area contributed by atoms with Crippen LogP contribution >= 0.6 is 11.3 Å². The Labute approximate surface area is 115 Å². The second kappa shape index (κ2) is 5.27. The molecule has 1 aromatic carbocycles. The smallest absolute Gasteiger partial charge is 0.123 e. The van der Waals surface area contributed by atoms with Crippen LogP contribution in [-0.2, 0) is 13.0 Å². The zero-order valence-corrected chi connectivity index (χ0v) is 11.5. The van der Waals surface area contributed by atoms with E-state index in [9.17, 15) is 4.39 Å². The monoisotopic (exact) mass is 278 g/mol. The van der Waals surface area contributed by atoms with Crippen molar-refractivity contribution < 1.29 is 9.13 Å². The van der Waals surface area contributed by atoms with Crippen molar-refractivity contribution in [2.45, 2.75) is 26.0 Å². The molecule has 1 aliphatic heterocycles. The first-order valence-electron chi connectivity index (χ1n) is 6.28. The number of aryl methyl sites for hydroxylation is 1. The fraction of sp³-hybridized carbons (Fsp3) is 0.357. The standard InChI is InChI=1S/C14H15FN2OS/c1-9-17-8-13(19-9)7-16-6-12-5-10-4-11(15)2-3-14(10)18-12/h2-4,8,12,16H,5-7H2,1H3. The highest BCUT2D eigenvalue weighted by Gasteiger charge is 2.22. The molecule has 1 aliphatic rings. The summed E-state index contributed by atoms with van der Waals surface area (Å²) in [6.07, 6.45) is 2.75. The Morgan fingerprint density at radius 3 is 3.21 bits per heavy atom. The first kappa shape index (κ1) is 12.6. The lowest BCUT2D eigenvalue weighted by atomic mass is 10.1. The zero-order chi connectivity index (χ0) is 13.2. The normalized spacial score (nSPS) is 17.3. The number of hydrogen-bond acceptors (Lipinski definition) is 4. The molecule has 0 amide bonds. The number of thiazole rings is 1. The molecule has 1 aromatic heterocycles. The average Bonchev–Trinajstić information content (AvgIpc) is 2.95. The van der Waals surface area contributed by atoms with Crippen LogP contribution in [0, 0.1) is 12.7 Å². The molecule has 2 heterocycles. The molecule has 2 aromatic rings. The van der Waals surface area contributed by atoms with Crippen molar-refractivity contribution in [3.63, 3.8) is 0 Å². The van der Waals surface area contributed by atoms with Crippen LogP contribution in [0.2, 0.25) is 0 Å².